The molecule has 0 radical (unpaired) electrons. The van der Waals surface area contributed by atoms with Crippen LogP contribution in [0.1, 0.15) is 18.1 Å². The van der Waals surface area contributed by atoms with Crippen molar-refractivity contribution in [1.82, 2.24) is 4.90 Å². The van der Waals surface area contributed by atoms with E-state index in [-0.39, 0.29) is 5.91 Å². The minimum atomic E-state index is -0.0401. The quantitative estimate of drug-likeness (QED) is 0.403. The largest absolute Gasteiger partial charge is 0.488 e. The van der Waals surface area contributed by atoms with Crippen molar-refractivity contribution in [2.45, 2.75) is 13.5 Å². The maximum Gasteiger partial charge on any atom is 0.266 e. The first-order chi connectivity index (χ1) is 12.5. The van der Waals surface area contributed by atoms with Crippen LogP contribution < -0.4 is 4.74 Å². The van der Waals surface area contributed by atoms with E-state index in [9.17, 15) is 4.79 Å². The summed E-state index contributed by atoms with van der Waals surface area (Å²) in [5.74, 6) is 0.694. The zero-order valence-corrected chi connectivity index (χ0v) is 17.8. The molecule has 134 valence electrons. The zero-order valence-electron chi connectivity index (χ0n) is 13.9. The molecule has 2 aromatic carbocycles. The Balaban J connectivity index is 1.71. The highest BCUT2D eigenvalue weighted by Gasteiger charge is 2.30. The van der Waals surface area contributed by atoms with Crippen molar-refractivity contribution in [3.8, 4) is 5.75 Å². The summed E-state index contributed by atoms with van der Waals surface area (Å²) in [6.07, 6.45) is 1.85. The van der Waals surface area contributed by atoms with Crippen molar-refractivity contribution in [3.63, 3.8) is 0 Å². The van der Waals surface area contributed by atoms with Crippen molar-refractivity contribution in [1.29, 1.82) is 0 Å². The maximum absolute atomic E-state index is 12.3. The maximum atomic E-state index is 12.3. The lowest BCUT2D eigenvalue weighted by molar-refractivity contribution is -0.121. The third-order valence-electron chi connectivity index (χ3n) is 3.75. The summed E-state index contributed by atoms with van der Waals surface area (Å²) in [7, 11) is 0. The zero-order chi connectivity index (χ0) is 18.7. The first-order valence-corrected chi connectivity index (χ1v) is 10.3. The molecule has 1 aliphatic rings. The number of likely N-dealkylation sites (N-methyl/N-ethyl adjacent to an activating group) is 1. The molecule has 0 aliphatic carbocycles. The minimum Gasteiger partial charge on any atom is -0.488 e. The van der Waals surface area contributed by atoms with Gasteiger partial charge in [0.2, 0.25) is 0 Å². The standard InChI is InChI=1S/C19H15BrClNO2S2/c1-2-22-18(23)17(26-19(22)25)10-13-5-8-16(15(20)9-13)24-11-12-3-6-14(21)7-4-12/h3-10H,2,11H2,1H3/b17-10-. The normalized spacial score (nSPS) is 15.8. The van der Waals surface area contributed by atoms with Crippen molar-refractivity contribution in [2.24, 2.45) is 0 Å². The van der Waals surface area contributed by atoms with E-state index in [0.29, 0.717) is 27.4 Å². The van der Waals surface area contributed by atoms with E-state index >= 15 is 0 Å². The Morgan fingerprint density at radius 3 is 2.62 bits per heavy atom. The Kier molecular flexibility index (Phi) is 6.40. The molecule has 7 heteroatoms. The van der Waals surface area contributed by atoms with Gasteiger partial charge in [0, 0.05) is 11.6 Å². The van der Waals surface area contributed by atoms with Crippen molar-refractivity contribution in [2.75, 3.05) is 6.54 Å². The van der Waals surface area contributed by atoms with Crippen LogP contribution >= 0.6 is 51.5 Å². The molecule has 0 saturated carbocycles. The Bertz CT molecular complexity index is 884. The number of rotatable bonds is 5. The van der Waals surface area contributed by atoms with Gasteiger partial charge in [-0.25, -0.2) is 0 Å². The fourth-order valence-electron chi connectivity index (χ4n) is 2.39. The van der Waals surface area contributed by atoms with Gasteiger partial charge in [0.05, 0.1) is 9.38 Å². The van der Waals surface area contributed by atoms with Crippen LogP contribution in [0.4, 0.5) is 0 Å². The number of thioether (sulfide) groups is 1. The molecule has 1 heterocycles. The molecule has 1 saturated heterocycles. The summed E-state index contributed by atoms with van der Waals surface area (Å²) in [5.41, 5.74) is 1.95. The Hall–Kier alpha value is -1.34. The molecule has 0 aromatic heterocycles. The molecule has 0 unspecified atom stereocenters. The molecule has 1 fully saturated rings. The molecule has 1 amide bonds. The number of carbonyl (C=O) groups excluding carboxylic acids is 1. The molecular weight excluding hydrogens is 454 g/mol. The van der Waals surface area contributed by atoms with Gasteiger partial charge in [0.15, 0.2) is 0 Å². The predicted octanol–water partition coefficient (Wildman–Crippen LogP) is 5.90. The second-order valence-electron chi connectivity index (χ2n) is 5.53. The van der Waals surface area contributed by atoms with E-state index < -0.39 is 0 Å². The Labute approximate surface area is 175 Å². The smallest absolute Gasteiger partial charge is 0.266 e. The third-order valence-corrected chi connectivity index (χ3v) is 6.00. The van der Waals surface area contributed by atoms with Gasteiger partial charge < -0.3 is 4.74 Å². The van der Waals surface area contributed by atoms with Crippen LogP contribution in [-0.4, -0.2) is 21.7 Å². The lowest BCUT2D eigenvalue weighted by Crippen LogP contribution is -2.27. The van der Waals surface area contributed by atoms with Crippen LogP contribution in [-0.2, 0) is 11.4 Å². The molecule has 3 rings (SSSR count). The van der Waals surface area contributed by atoms with Crippen LogP contribution in [0.5, 0.6) is 5.75 Å². The van der Waals surface area contributed by atoms with E-state index in [2.05, 4.69) is 15.9 Å². The molecular formula is C19H15BrClNO2S2. The summed E-state index contributed by atoms with van der Waals surface area (Å²) in [4.78, 5) is 14.5. The summed E-state index contributed by atoms with van der Waals surface area (Å²) >= 11 is 16.0. The number of nitrogens with zero attached hydrogens (tertiary/aromatic N) is 1. The molecule has 0 bridgehead atoms. The second kappa shape index (κ2) is 8.57. The van der Waals surface area contributed by atoms with Crippen LogP contribution in [0.15, 0.2) is 51.8 Å². The van der Waals surface area contributed by atoms with E-state index in [1.165, 1.54) is 11.8 Å². The summed E-state index contributed by atoms with van der Waals surface area (Å²) in [5, 5.41) is 0.702. The van der Waals surface area contributed by atoms with Crippen LogP contribution in [0, 0.1) is 0 Å². The number of amides is 1. The molecule has 0 atom stereocenters. The fraction of sp³-hybridized carbons (Fsp3) is 0.158. The molecule has 3 nitrogen and oxygen atoms in total. The van der Waals surface area contributed by atoms with Gasteiger partial charge in [-0.15, -0.1) is 0 Å². The van der Waals surface area contributed by atoms with Gasteiger partial charge in [-0.2, -0.15) is 0 Å². The van der Waals surface area contributed by atoms with Gasteiger partial charge in [-0.1, -0.05) is 53.8 Å². The van der Waals surface area contributed by atoms with E-state index in [4.69, 9.17) is 28.6 Å². The number of halogens is 2. The lowest BCUT2D eigenvalue weighted by atomic mass is 10.2. The van der Waals surface area contributed by atoms with Crippen LogP contribution in [0.3, 0.4) is 0 Å². The predicted molar refractivity (Wildman–Crippen MR) is 115 cm³/mol. The Morgan fingerprint density at radius 2 is 2.00 bits per heavy atom. The number of thiocarbonyl (C=S) groups is 1. The average Bonchev–Trinajstić information content (AvgIpc) is 2.88. The molecule has 2 aromatic rings. The number of hydrogen-bond donors (Lipinski definition) is 0. The van der Waals surface area contributed by atoms with Crippen LogP contribution in [0.2, 0.25) is 5.02 Å². The average molecular weight is 469 g/mol. The number of carbonyl (C=O) groups is 1. The molecule has 0 N–H and O–H groups in total. The lowest BCUT2D eigenvalue weighted by Gasteiger charge is -2.10. The molecule has 1 aliphatic heterocycles. The van der Waals surface area contributed by atoms with Crippen molar-refractivity contribution in [3.05, 3.63) is 68.0 Å². The van der Waals surface area contributed by atoms with Crippen molar-refractivity contribution >= 4 is 67.8 Å². The van der Waals surface area contributed by atoms with Gasteiger partial charge in [0.25, 0.3) is 5.91 Å². The van der Waals surface area contributed by atoms with Crippen LogP contribution in [0.25, 0.3) is 6.08 Å². The summed E-state index contributed by atoms with van der Waals surface area (Å²) < 4.78 is 7.28. The third kappa shape index (κ3) is 4.49. The number of ether oxygens (including phenoxy) is 1. The van der Waals surface area contributed by atoms with E-state index in [1.807, 2.05) is 55.5 Å². The molecule has 26 heavy (non-hydrogen) atoms. The highest BCUT2D eigenvalue weighted by Crippen LogP contribution is 2.34. The van der Waals surface area contributed by atoms with Gasteiger partial charge in [-0.3, -0.25) is 9.69 Å². The minimum absolute atomic E-state index is 0.0401. The van der Waals surface area contributed by atoms with Gasteiger partial charge in [-0.05, 0) is 64.3 Å². The Morgan fingerprint density at radius 1 is 1.27 bits per heavy atom. The fourth-order valence-corrected chi connectivity index (χ4v) is 4.41. The second-order valence-corrected chi connectivity index (χ2v) is 8.50. The number of hydrogen-bond acceptors (Lipinski definition) is 4. The van der Waals surface area contributed by atoms with Crippen molar-refractivity contribution < 1.29 is 9.53 Å². The first-order valence-electron chi connectivity index (χ1n) is 7.90. The summed E-state index contributed by atoms with van der Waals surface area (Å²) in [6, 6.07) is 13.3. The van der Waals surface area contributed by atoms with E-state index in [0.717, 1.165) is 21.3 Å². The first kappa shape index (κ1) is 19.4. The monoisotopic (exact) mass is 467 g/mol. The topological polar surface area (TPSA) is 29.5 Å². The van der Waals surface area contributed by atoms with E-state index in [1.54, 1.807) is 4.90 Å². The van der Waals surface area contributed by atoms with Gasteiger partial charge in [0.1, 0.15) is 16.7 Å². The van der Waals surface area contributed by atoms with Gasteiger partial charge >= 0.3 is 0 Å². The number of benzene rings is 2. The highest BCUT2D eigenvalue weighted by molar-refractivity contribution is 9.10. The highest BCUT2D eigenvalue weighted by atomic mass is 79.9. The SMILES string of the molecule is CCN1C(=O)/C(=C/c2ccc(OCc3ccc(Cl)cc3)c(Br)c2)SC1=S. The summed E-state index contributed by atoms with van der Waals surface area (Å²) in [6.45, 7) is 2.95. The molecule has 0 spiro atoms.